The summed E-state index contributed by atoms with van der Waals surface area (Å²) in [5, 5.41) is 0. The van der Waals surface area contributed by atoms with Gasteiger partial charge in [-0.1, -0.05) is 18.2 Å². The lowest BCUT2D eigenvalue weighted by atomic mass is 9.86. The molecule has 0 saturated carbocycles. The van der Waals surface area contributed by atoms with Crippen LogP contribution in [0.2, 0.25) is 0 Å². The second kappa shape index (κ2) is 7.29. The van der Waals surface area contributed by atoms with Gasteiger partial charge in [-0.15, -0.1) is 0 Å². The zero-order valence-corrected chi connectivity index (χ0v) is 16.6. The number of aryl methyl sites for hydroxylation is 1. The van der Waals surface area contributed by atoms with E-state index in [0.29, 0.717) is 32.5 Å². The molecule has 0 bridgehead atoms. The highest BCUT2D eigenvalue weighted by molar-refractivity contribution is 7.88. The van der Waals surface area contributed by atoms with Crippen LogP contribution in [0.15, 0.2) is 24.3 Å². The molecule has 0 radical (unpaired) electrons. The number of carbonyl (C=O) groups excluding carboxylic acids is 1. The van der Waals surface area contributed by atoms with Crippen molar-refractivity contribution in [2.24, 2.45) is 0 Å². The van der Waals surface area contributed by atoms with Crippen LogP contribution in [0, 0.1) is 6.92 Å². The Morgan fingerprint density at radius 2 is 1.88 bits per heavy atom. The average molecular weight is 381 g/mol. The number of likely N-dealkylation sites (tertiary alicyclic amines) is 1. The van der Waals surface area contributed by atoms with Crippen LogP contribution in [0.4, 0.5) is 0 Å². The van der Waals surface area contributed by atoms with Gasteiger partial charge in [-0.2, -0.15) is 4.31 Å². The number of sulfonamides is 1. The highest BCUT2D eigenvalue weighted by atomic mass is 32.2. The lowest BCUT2D eigenvalue weighted by Gasteiger charge is -2.45. The van der Waals surface area contributed by atoms with Crippen molar-refractivity contribution >= 4 is 15.9 Å². The van der Waals surface area contributed by atoms with Gasteiger partial charge < -0.3 is 9.64 Å². The molecule has 1 amide bonds. The van der Waals surface area contributed by atoms with Gasteiger partial charge in [0.1, 0.15) is 0 Å². The monoisotopic (exact) mass is 380 g/mol. The van der Waals surface area contributed by atoms with Crippen molar-refractivity contribution in [2.75, 3.05) is 33.1 Å². The molecular weight excluding hydrogens is 352 g/mol. The molecule has 2 fully saturated rings. The SMILES string of the molecule is COC[C@H]1CCC2(CCN(C(=O)c3ccccc3C)CC2)N1S(C)(=O)=O. The number of amides is 1. The van der Waals surface area contributed by atoms with E-state index in [9.17, 15) is 13.2 Å². The number of piperidine rings is 1. The second-order valence-corrected chi connectivity index (χ2v) is 9.40. The fraction of sp³-hybridized carbons (Fsp3) is 0.632. The number of rotatable bonds is 4. The first-order valence-corrected chi connectivity index (χ1v) is 11.0. The van der Waals surface area contributed by atoms with E-state index < -0.39 is 10.0 Å². The third-order valence-corrected chi connectivity index (χ3v) is 7.22. The molecule has 0 aromatic heterocycles. The zero-order chi connectivity index (χ0) is 18.9. The van der Waals surface area contributed by atoms with Gasteiger partial charge in [0.05, 0.1) is 12.9 Å². The maximum atomic E-state index is 12.8. The number of hydrogen-bond acceptors (Lipinski definition) is 4. The summed E-state index contributed by atoms with van der Waals surface area (Å²) in [5.74, 6) is 0.0373. The molecule has 0 N–H and O–H groups in total. The maximum Gasteiger partial charge on any atom is 0.254 e. The van der Waals surface area contributed by atoms with Gasteiger partial charge in [0.25, 0.3) is 5.91 Å². The summed E-state index contributed by atoms with van der Waals surface area (Å²) in [7, 11) is -1.72. The average Bonchev–Trinajstić information content (AvgIpc) is 2.94. The van der Waals surface area contributed by atoms with E-state index in [1.54, 1.807) is 11.4 Å². The summed E-state index contributed by atoms with van der Waals surface area (Å²) in [5.41, 5.74) is 1.32. The summed E-state index contributed by atoms with van der Waals surface area (Å²) in [4.78, 5) is 14.7. The van der Waals surface area contributed by atoms with Crippen LogP contribution in [-0.2, 0) is 14.8 Å². The van der Waals surface area contributed by atoms with Gasteiger partial charge in [0.15, 0.2) is 0 Å². The van der Waals surface area contributed by atoms with Crippen molar-refractivity contribution in [1.29, 1.82) is 0 Å². The highest BCUT2D eigenvalue weighted by Gasteiger charge is 2.52. The molecule has 2 saturated heterocycles. The van der Waals surface area contributed by atoms with Crippen LogP contribution < -0.4 is 0 Å². The number of hydrogen-bond donors (Lipinski definition) is 0. The first-order valence-electron chi connectivity index (χ1n) is 9.12. The van der Waals surface area contributed by atoms with Gasteiger partial charge in [0.2, 0.25) is 10.0 Å². The topological polar surface area (TPSA) is 66.9 Å². The number of carbonyl (C=O) groups is 1. The smallest absolute Gasteiger partial charge is 0.254 e. The summed E-state index contributed by atoms with van der Waals surface area (Å²) in [6.45, 7) is 3.52. The van der Waals surface area contributed by atoms with Crippen LogP contribution >= 0.6 is 0 Å². The largest absolute Gasteiger partial charge is 0.383 e. The van der Waals surface area contributed by atoms with Gasteiger partial charge in [-0.25, -0.2) is 8.42 Å². The molecular formula is C19H28N2O4S. The van der Waals surface area contributed by atoms with Crippen molar-refractivity contribution in [3.8, 4) is 0 Å². The minimum atomic E-state index is -3.33. The number of ether oxygens (including phenoxy) is 1. The van der Waals surface area contributed by atoms with Gasteiger partial charge >= 0.3 is 0 Å². The van der Waals surface area contributed by atoms with E-state index in [0.717, 1.165) is 24.0 Å². The van der Waals surface area contributed by atoms with E-state index in [4.69, 9.17) is 4.74 Å². The third-order valence-electron chi connectivity index (χ3n) is 5.82. The fourth-order valence-electron chi connectivity index (χ4n) is 4.60. The molecule has 6 nitrogen and oxygen atoms in total. The Morgan fingerprint density at radius 3 is 2.46 bits per heavy atom. The number of nitrogens with zero attached hydrogens (tertiary/aromatic N) is 2. The van der Waals surface area contributed by atoms with E-state index >= 15 is 0 Å². The zero-order valence-electron chi connectivity index (χ0n) is 15.8. The highest BCUT2D eigenvalue weighted by Crippen LogP contribution is 2.43. The van der Waals surface area contributed by atoms with Gasteiger partial charge in [-0.05, 0) is 44.2 Å². The molecule has 2 aliphatic rings. The fourth-order valence-corrected chi connectivity index (χ4v) is 6.28. The van der Waals surface area contributed by atoms with Crippen LogP contribution in [0.25, 0.3) is 0 Å². The normalized spacial score (nSPS) is 23.5. The van der Waals surface area contributed by atoms with Crippen molar-refractivity contribution in [3.63, 3.8) is 0 Å². The Morgan fingerprint density at radius 1 is 1.23 bits per heavy atom. The molecule has 26 heavy (non-hydrogen) atoms. The second-order valence-electron chi connectivity index (χ2n) is 7.54. The molecule has 7 heteroatoms. The van der Waals surface area contributed by atoms with Crippen molar-refractivity contribution in [3.05, 3.63) is 35.4 Å². The first-order chi connectivity index (χ1) is 12.3. The van der Waals surface area contributed by atoms with Gasteiger partial charge in [0, 0.05) is 37.3 Å². The summed E-state index contributed by atoms with van der Waals surface area (Å²) < 4.78 is 31.9. The maximum absolute atomic E-state index is 12.8. The molecule has 1 atom stereocenters. The quantitative estimate of drug-likeness (QED) is 0.802. The van der Waals surface area contributed by atoms with Crippen LogP contribution in [0.3, 0.4) is 0 Å². The molecule has 2 aliphatic heterocycles. The Hall–Kier alpha value is -1.44. The Labute approximate surface area is 156 Å². The van der Waals surface area contributed by atoms with E-state index in [-0.39, 0.29) is 17.5 Å². The Kier molecular flexibility index (Phi) is 5.42. The lowest BCUT2D eigenvalue weighted by molar-refractivity contribution is 0.0504. The van der Waals surface area contributed by atoms with Crippen LogP contribution in [-0.4, -0.2) is 68.2 Å². The van der Waals surface area contributed by atoms with Crippen LogP contribution in [0.1, 0.15) is 41.6 Å². The van der Waals surface area contributed by atoms with Crippen molar-refractivity contribution < 1.29 is 17.9 Å². The predicted octanol–water partition coefficient (Wildman–Crippen LogP) is 2.04. The van der Waals surface area contributed by atoms with Crippen molar-refractivity contribution in [1.82, 2.24) is 9.21 Å². The van der Waals surface area contributed by atoms with E-state index in [1.165, 1.54) is 6.26 Å². The summed E-state index contributed by atoms with van der Waals surface area (Å²) in [6, 6.07) is 7.50. The Bertz CT molecular complexity index is 769. The van der Waals surface area contributed by atoms with E-state index in [1.807, 2.05) is 36.1 Å². The molecule has 1 aromatic rings. The summed E-state index contributed by atoms with van der Waals surface area (Å²) >= 11 is 0. The molecule has 144 valence electrons. The summed E-state index contributed by atoms with van der Waals surface area (Å²) in [6.07, 6.45) is 4.29. The molecule has 3 rings (SSSR count). The molecule has 0 unspecified atom stereocenters. The number of methoxy groups -OCH3 is 1. The molecule has 1 spiro atoms. The van der Waals surface area contributed by atoms with E-state index in [2.05, 4.69) is 0 Å². The Balaban J connectivity index is 1.76. The van der Waals surface area contributed by atoms with Gasteiger partial charge in [-0.3, -0.25) is 4.79 Å². The number of benzene rings is 1. The lowest BCUT2D eigenvalue weighted by Crippen LogP contribution is -2.57. The standard InChI is InChI=1S/C19H28N2O4S/c1-15-6-4-5-7-17(15)18(22)20-12-10-19(11-13-20)9-8-16(14-25-2)21(19)26(3,23)24/h4-7,16H,8-14H2,1-3H3/t16-/m1/s1. The predicted molar refractivity (Wildman–Crippen MR) is 101 cm³/mol. The molecule has 1 aromatic carbocycles. The molecule has 2 heterocycles. The minimum absolute atomic E-state index is 0.0373. The minimum Gasteiger partial charge on any atom is -0.383 e. The van der Waals surface area contributed by atoms with Crippen LogP contribution in [0.5, 0.6) is 0 Å². The first kappa shape index (κ1) is 19.3. The molecule has 0 aliphatic carbocycles. The van der Waals surface area contributed by atoms with Crippen molar-refractivity contribution in [2.45, 2.75) is 44.2 Å². The third kappa shape index (κ3) is 3.52.